The van der Waals surface area contributed by atoms with Crippen molar-refractivity contribution in [2.75, 3.05) is 6.54 Å². The Morgan fingerprint density at radius 1 is 1.19 bits per heavy atom. The molecule has 0 aliphatic rings. The summed E-state index contributed by atoms with van der Waals surface area (Å²) in [7, 11) is 0. The van der Waals surface area contributed by atoms with E-state index in [2.05, 4.69) is 73.7 Å². The highest BCUT2D eigenvalue weighted by molar-refractivity contribution is 5.28. The Bertz CT molecular complexity index is 545. The van der Waals surface area contributed by atoms with Gasteiger partial charge in [0.2, 0.25) is 0 Å². The van der Waals surface area contributed by atoms with E-state index in [0.29, 0.717) is 0 Å². The van der Waals surface area contributed by atoms with Gasteiger partial charge in [0.05, 0.1) is 17.9 Å². The van der Waals surface area contributed by atoms with Crippen LogP contribution < -0.4 is 5.32 Å². The smallest absolute Gasteiger partial charge is 0.0765 e. The molecule has 114 valence electrons. The summed E-state index contributed by atoms with van der Waals surface area (Å²) < 4.78 is 2.03. The molecule has 0 aliphatic carbocycles. The number of aromatic nitrogens is 3. The Balaban J connectivity index is 2.40. The molecule has 1 atom stereocenters. The summed E-state index contributed by atoms with van der Waals surface area (Å²) in [6, 6.07) is 10.8. The molecule has 0 amide bonds. The lowest BCUT2D eigenvalue weighted by atomic mass is 9.76. The van der Waals surface area contributed by atoms with Gasteiger partial charge in [-0.05, 0) is 18.5 Å². The van der Waals surface area contributed by atoms with Crippen molar-refractivity contribution in [1.29, 1.82) is 0 Å². The second-order valence-electron chi connectivity index (χ2n) is 5.96. The maximum atomic E-state index is 4.24. The van der Waals surface area contributed by atoms with Crippen molar-refractivity contribution >= 4 is 0 Å². The second kappa shape index (κ2) is 6.85. The number of hydrogen-bond acceptors (Lipinski definition) is 3. The van der Waals surface area contributed by atoms with Crippen LogP contribution in [0.5, 0.6) is 0 Å². The van der Waals surface area contributed by atoms with Crippen LogP contribution in [-0.4, -0.2) is 21.5 Å². The van der Waals surface area contributed by atoms with Gasteiger partial charge in [0.15, 0.2) is 0 Å². The van der Waals surface area contributed by atoms with Gasteiger partial charge in [-0.3, -0.25) is 0 Å². The number of nitrogens with zero attached hydrogens (tertiary/aromatic N) is 3. The highest BCUT2D eigenvalue weighted by atomic mass is 15.4. The largest absolute Gasteiger partial charge is 0.308 e. The molecule has 0 radical (unpaired) electrons. The van der Waals surface area contributed by atoms with Gasteiger partial charge in [0.25, 0.3) is 0 Å². The second-order valence-corrected chi connectivity index (χ2v) is 5.96. The van der Waals surface area contributed by atoms with E-state index in [-0.39, 0.29) is 11.5 Å². The Hall–Kier alpha value is -1.68. The van der Waals surface area contributed by atoms with E-state index in [1.165, 1.54) is 5.56 Å². The van der Waals surface area contributed by atoms with E-state index in [4.69, 9.17) is 0 Å². The van der Waals surface area contributed by atoms with Gasteiger partial charge in [-0.15, -0.1) is 5.10 Å². The minimum absolute atomic E-state index is 0.0372. The van der Waals surface area contributed by atoms with E-state index < -0.39 is 0 Å². The molecule has 0 saturated carbocycles. The first-order valence-electron chi connectivity index (χ1n) is 7.78. The first kappa shape index (κ1) is 15.7. The van der Waals surface area contributed by atoms with Gasteiger partial charge in [-0.1, -0.05) is 63.2 Å². The standard InChI is InChI=1S/C17H26N4/c1-5-12-21-15(13-19-20-21)16(18-6-2)17(3,4)14-10-8-7-9-11-14/h7-11,13,16,18H,5-6,12H2,1-4H3. The molecule has 1 aromatic heterocycles. The zero-order valence-corrected chi connectivity index (χ0v) is 13.5. The minimum Gasteiger partial charge on any atom is -0.308 e. The summed E-state index contributed by atoms with van der Waals surface area (Å²) in [5, 5.41) is 12.0. The predicted octanol–water partition coefficient (Wildman–Crippen LogP) is 3.32. The molecule has 4 nitrogen and oxygen atoms in total. The third-order valence-electron chi connectivity index (χ3n) is 4.03. The van der Waals surface area contributed by atoms with Crippen molar-refractivity contribution in [2.45, 2.75) is 52.1 Å². The van der Waals surface area contributed by atoms with Crippen molar-refractivity contribution in [3.05, 3.63) is 47.8 Å². The summed E-state index contributed by atoms with van der Waals surface area (Å²) in [4.78, 5) is 0. The molecule has 0 fully saturated rings. The number of likely N-dealkylation sites (N-methyl/N-ethyl adjacent to an activating group) is 1. The quantitative estimate of drug-likeness (QED) is 0.849. The van der Waals surface area contributed by atoms with Gasteiger partial charge < -0.3 is 5.32 Å². The molecular weight excluding hydrogens is 260 g/mol. The molecule has 1 unspecified atom stereocenters. The number of rotatable bonds is 7. The molecule has 0 saturated heterocycles. The number of aryl methyl sites for hydroxylation is 1. The number of benzene rings is 1. The summed E-state index contributed by atoms with van der Waals surface area (Å²) in [5.74, 6) is 0. The third-order valence-corrected chi connectivity index (χ3v) is 4.03. The minimum atomic E-state index is -0.0372. The van der Waals surface area contributed by atoms with Crippen molar-refractivity contribution < 1.29 is 0 Å². The van der Waals surface area contributed by atoms with Crippen LogP contribution in [0.2, 0.25) is 0 Å². The molecule has 0 aliphatic heterocycles. The van der Waals surface area contributed by atoms with Crippen LogP contribution in [0.1, 0.15) is 51.4 Å². The summed E-state index contributed by atoms with van der Waals surface area (Å²) in [5.41, 5.74) is 2.44. The fraction of sp³-hybridized carbons (Fsp3) is 0.529. The first-order valence-corrected chi connectivity index (χ1v) is 7.78. The Morgan fingerprint density at radius 3 is 2.52 bits per heavy atom. The SMILES string of the molecule is CCCn1nncc1C(NCC)C(C)(C)c1ccccc1. The highest BCUT2D eigenvalue weighted by Crippen LogP contribution is 2.36. The predicted molar refractivity (Wildman–Crippen MR) is 86.2 cm³/mol. The lowest BCUT2D eigenvalue weighted by molar-refractivity contribution is 0.331. The fourth-order valence-electron chi connectivity index (χ4n) is 2.84. The molecule has 1 N–H and O–H groups in total. The summed E-state index contributed by atoms with van der Waals surface area (Å²) >= 11 is 0. The summed E-state index contributed by atoms with van der Waals surface area (Å²) in [6.07, 6.45) is 2.95. The van der Waals surface area contributed by atoms with Crippen LogP contribution in [0.25, 0.3) is 0 Å². The molecule has 1 aromatic carbocycles. The molecule has 2 rings (SSSR count). The van der Waals surface area contributed by atoms with Crippen molar-refractivity contribution in [2.24, 2.45) is 0 Å². The van der Waals surface area contributed by atoms with Crippen LogP contribution >= 0.6 is 0 Å². The van der Waals surface area contributed by atoms with Crippen molar-refractivity contribution in [3.63, 3.8) is 0 Å². The molecular formula is C17H26N4. The monoisotopic (exact) mass is 286 g/mol. The molecule has 0 spiro atoms. The molecule has 21 heavy (non-hydrogen) atoms. The van der Waals surface area contributed by atoms with Crippen LogP contribution in [0.4, 0.5) is 0 Å². The van der Waals surface area contributed by atoms with Gasteiger partial charge in [-0.2, -0.15) is 0 Å². The lowest BCUT2D eigenvalue weighted by Gasteiger charge is -2.35. The van der Waals surface area contributed by atoms with E-state index >= 15 is 0 Å². The van der Waals surface area contributed by atoms with E-state index in [0.717, 1.165) is 25.2 Å². The first-order chi connectivity index (χ1) is 10.1. The van der Waals surface area contributed by atoms with Crippen LogP contribution in [0.3, 0.4) is 0 Å². The molecule has 2 aromatic rings. The third kappa shape index (κ3) is 3.32. The molecule has 1 heterocycles. The normalized spacial score (nSPS) is 13.3. The number of hydrogen-bond donors (Lipinski definition) is 1. The molecule has 0 bridgehead atoms. The molecule has 4 heteroatoms. The Morgan fingerprint density at radius 2 is 1.90 bits per heavy atom. The topological polar surface area (TPSA) is 42.7 Å². The van der Waals surface area contributed by atoms with E-state index in [9.17, 15) is 0 Å². The maximum absolute atomic E-state index is 4.24. The van der Waals surface area contributed by atoms with Crippen LogP contribution in [0.15, 0.2) is 36.5 Å². The van der Waals surface area contributed by atoms with Crippen molar-refractivity contribution in [3.8, 4) is 0 Å². The average Bonchev–Trinajstić information content (AvgIpc) is 2.94. The maximum Gasteiger partial charge on any atom is 0.0765 e. The van der Waals surface area contributed by atoms with Gasteiger partial charge in [0.1, 0.15) is 0 Å². The van der Waals surface area contributed by atoms with Gasteiger partial charge >= 0.3 is 0 Å². The average molecular weight is 286 g/mol. The highest BCUT2D eigenvalue weighted by Gasteiger charge is 2.34. The summed E-state index contributed by atoms with van der Waals surface area (Å²) in [6.45, 7) is 10.7. The Labute approximate surface area is 127 Å². The van der Waals surface area contributed by atoms with Crippen LogP contribution in [0, 0.1) is 0 Å². The fourth-order valence-corrected chi connectivity index (χ4v) is 2.84. The van der Waals surface area contributed by atoms with Gasteiger partial charge in [0, 0.05) is 12.0 Å². The Kier molecular flexibility index (Phi) is 5.12. The van der Waals surface area contributed by atoms with Gasteiger partial charge in [-0.25, -0.2) is 4.68 Å². The van der Waals surface area contributed by atoms with Crippen molar-refractivity contribution in [1.82, 2.24) is 20.3 Å². The van der Waals surface area contributed by atoms with E-state index in [1.807, 2.05) is 10.9 Å². The van der Waals surface area contributed by atoms with Crippen LogP contribution in [-0.2, 0) is 12.0 Å². The lowest BCUT2D eigenvalue weighted by Crippen LogP contribution is -2.38. The number of nitrogens with one attached hydrogen (secondary N) is 1. The van der Waals surface area contributed by atoms with E-state index in [1.54, 1.807) is 0 Å². The zero-order valence-electron chi connectivity index (χ0n) is 13.5. The zero-order chi connectivity index (χ0) is 15.3.